The number of nitrogens with zero attached hydrogens (tertiary/aromatic N) is 1. The van der Waals surface area contributed by atoms with Gasteiger partial charge in [0.25, 0.3) is 0 Å². The number of carbonyl (C=O) groups excluding carboxylic acids is 1. The van der Waals surface area contributed by atoms with Gasteiger partial charge in [0.2, 0.25) is 5.91 Å². The largest absolute Gasteiger partial charge is 0.366 e. The van der Waals surface area contributed by atoms with Gasteiger partial charge in [-0.15, -0.1) is 23.1 Å². The quantitative estimate of drug-likeness (QED) is 0.631. The van der Waals surface area contributed by atoms with Crippen molar-refractivity contribution >= 4 is 29.0 Å². The second-order valence-electron chi connectivity index (χ2n) is 5.71. The number of carbonyl (C=O) groups is 1. The number of hydrogen-bond acceptors (Lipinski definition) is 4. The number of benzene rings is 2. The van der Waals surface area contributed by atoms with Gasteiger partial charge in [-0.2, -0.15) is 0 Å². The van der Waals surface area contributed by atoms with Crippen LogP contribution < -0.4 is 5.73 Å². The van der Waals surface area contributed by atoms with Crippen molar-refractivity contribution in [1.29, 1.82) is 0 Å². The Morgan fingerprint density at radius 2 is 1.92 bits per heavy atom. The fraction of sp³-hybridized carbons (Fsp3) is 0.158. The molecule has 2 aromatic carbocycles. The Bertz CT molecular complexity index is 926. The summed E-state index contributed by atoms with van der Waals surface area (Å²) < 4.78 is 26.4. The molecular formula is C19H16F2N2OS2. The van der Waals surface area contributed by atoms with Crippen LogP contribution in [-0.2, 0) is 5.75 Å². The minimum Gasteiger partial charge on any atom is -0.366 e. The van der Waals surface area contributed by atoms with E-state index in [4.69, 9.17) is 5.73 Å². The van der Waals surface area contributed by atoms with E-state index >= 15 is 0 Å². The predicted octanol–water partition coefficient (Wildman–Crippen LogP) is 5.18. The van der Waals surface area contributed by atoms with Crippen LogP contribution in [0.4, 0.5) is 8.78 Å². The molecule has 0 spiro atoms. The fourth-order valence-corrected chi connectivity index (χ4v) is 4.19. The molecule has 1 heterocycles. The number of hydrogen-bond donors (Lipinski definition) is 1. The Hall–Kier alpha value is -2.25. The fourth-order valence-electron chi connectivity index (χ4n) is 2.35. The van der Waals surface area contributed by atoms with Crippen molar-refractivity contribution in [3.05, 3.63) is 76.3 Å². The normalized spacial score (nSPS) is 12.1. The molecule has 1 atom stereocenters. The first-order chi connectivity index (χ1) is 12.4. The number of aromatic nitrogens is 1. The molecule has 3 nitrogen and oxygen atoms in total. The number of primary amides is 1. The standard InChI is InChI=1S/C19H16F2N2OS2/c1-11(14-6-7-16(20)17(21)8-14)25-9-15-10-26-19(23-15)13-4-2-12(3-5-13)18(22)24/h2-8,10-11H,9H2,1H3,(H2,22,24)/t11-/m1/s1. The zero-order valence-corrected chi connectivity index (χ0v) is 15.5. The van der Waals surface area contributed by atoms with Crippen LogP contribution in [0.25, 0.3) is 10.6 Å². The monoisotopic (exact) mass is 390 g/mol. The van der Waals surface area contributed by atoms with Crippen LogP contribution in [0, 0.1) is 11.6 Å². The summed E-state index contributed by atoms with van der Waals surface area (Å²) in [6.45, 7) is 1.95. The zero-order valence-electron chi connectivity index (χ0n) is 13.9. The molecule has 1 amide bonds. The first-order valence-electron chi connectivity index (χ1n) is 7.85. The molecule has 7 heteroatoms. The van der Waals surface area contributed by atoms with Crippen molar-refractivity contribution in [2.75, 3.05) is 0 Å². The summed E-state index contributed by atoms with van der Waals surface area (Å²) in [5.74, 6) is -1.46. The number of thioether (sulfide) groups is 1. The van der Waals surface area contributed by atoms with Gasteiger partial charge in [0.05, 0.1) is 5.69 Å². The van der Waals surface area contributed by atoms with Gasteiger partial charge in [-0.1, -0.05) is 18.2 Å². The van der Waals surface area contributed by atoms with Crippen molar-refractivity contribution in [3.63, 3.8) is 0 Å². The highest BCUT2D eigenvalue weighted by molar-refractivity contribution is 7.98. The molecule has 2 N–H and O–H groups in total. The molecule has 0 radical (unpaired) electrons. The first-order valence-corrected chi connectivity index (χ1v) is 9.78. The van der Waals surface area contributed by atoms with Gasteiger partial charge in [-0.05, 0) is 36.8 Å². The maximum Gasteiger partial charge on any atom is 0.248 e. The Morgan fingerprint density at radius 3 is 2.58 bits per heavy atom. The van der Waals surface area contributed by atoms with Crippen LogP contribution in [0.15, 0.2) is 47.8 Å². The number of thiazole rings is 1. The van der Waals surface area contributed by atoms with Gasteiger partial charge >= 0.3 is 0 Å². The molecule has 1 aromatic heterocycles. The van der Waals surface area contributed by atoms with E-state index in [0.717, 1.165) is 27.9 Å². The maximum atomic E-state index is 13.3. The molecule has 26 heavy (non-hydrogen) atoms. The predicted molar refractivity (Wildman–Crippen MR) is 102 cm³/mol. The summed E-state index contributed by atoms with van der Waals surface area (Å²) >= 11 is 3.12. The number of amides is 1. The molecule has 0 aliphatic heterocycles. The highest BCUT2D eigenvalue weighted by Crippen LogP contribution is 2.33. The molecule has 134 valence electrons. The lowest BCUT2D eigenvalue weighted by Gasteiger charge is -2.11. The van der Waals surface area contributed by atoms with Gasteiger partial charge < -0.3 is 5.73 Å². The van der Waals surface area contributed by atoms with Crippen LogP contribution in [0.5, 0.6) is 0 Å². The molecule has 0 fully saturated rings. The summed E-state index contributed by atoms with van der Waals surface area (Å²) in [6.07, 6.45) is 0. The van der Waals surface area contributed by atoms with Gasteiger partial charge in [0, 0.05) is 27.5 Å². The van der Waals surface area contributed by atoms with Crippen molar-refractivity contribution in [2.24, 2.45) is 5.73 Å². The maximum absolute atomic E-state index is 13.3. The SMILES string of the molecule is C[C@@H](SCc1csc(-c2ccc(C(N)=O)cc2)n1)c1ccc(F)c(F)c1. The van der Waals surface area contributed by atoms with Crippen LogP contribution in [0.2, 0.25) is 0 Å². The Balaban J connectivity index is 1.64. The van der Waals surface area contributed by atoms with Gasteiger partial charge in [0.1, 0.15) is 5.01 Å². The highest BCUT2D eigenvalue weighted by atomic mass is 32.2. The second kappa shape index (κ2) is 7.97. The molecule has 3 rings (SSSR count). The minimum absolute atomic E-state index is 0.0186. The summed E-state index contributed by atoms with van der Waals surface area (Å²) in [6, 6.07) is 11.0. The van der Waals surface area contributed by atoms with E-state index < -0.39 is 17.5 Å². The summed E-state index contributed by atoms with van der Waals surface area (Å²) in [5, 5.41) is 2.85. The molecule has 0 saturated heterocycles. The van der Waals surface area contributed by atoms with E-state index in [1.807, 2.05) is 24.4 Å². The number of halogens is 2. The summed E-state index contributed by atoms with van der Waals surface area (Å²) in [5.41, 5.74) is 8.28. The van der Waals surface area contributed by atoms with Gasteiger partial charge in [-0.3, -0.25) is 4.79 Å². The average Bonchev–Trinajstić information content (AvgIpc) is 3.11. The Kier molecular flexibility index (Phi) is 5.68. The molecule has 0 unspecified atom stereocenters. The molecular weight excluding hydrogens is 374 g/mol. The third kappa shape index (κ3) is 4.28. The van der Waals surface area contributed by atoms with Crippen molar-refractivity contribution in [1.82, 2.24) is 4.98 Å². The smallest absolute Gasteiger partial charge is 0.248 e. The molecule has 3 aromatic rings. The van der Waals surface area contributed by atoms with E-state index in [2.05, 4.69) is 4.98 Å². The van der Waals surface area contributed by atoms with E-state index in [1.165, 1.54) is 17.4 Å². The van der Waals surface area contributed by atoms with Crippen LogP contribution >= 0.6 is 23.1 Å². The third-order valence-corrected chi connectivity index (χ3v) is 6.04. The van der Waals surface area contributed by atoms with E-state index in [1.54, 1.807) is 30.0 Å². The van der Waals surface area contributed by atoms with E-state index in [9.17, 15) is 13.6 Å². The molecule has 0 aliphatic rings. The lowest BCUT2D eigenvalue weighted by Crippen LogP contribution is -2.10. The highest BCUT2D eigenvalue weighted by Gasteiger charge is 2.12. The van der Waals surface area contributed by atoms with Gasteiger partial charge in [-0.25, -0.2) is 13.8 Å². The Labute approximate surface area is 158 Å². The van der Waals surface area contributed by atoms with Gasteiger partial charge in [0.15, 0.2) is 11.6 Å². The van der Waals surface area contributed by atoms with Crippen LogP contribution in [0.1, 0.15) is 33.8 Å². The molecule has 0 aliphatic carbocycles. The summed E-state index contributed by atoms with van der Waals surface area (Å²) in [7, 11) is 0. The third-order valence-electron chi connectivity index (χ3n) is 3.86. The lowest BCUT2D eigenvalue weighted by atomic mass is 10.1. The molecule has 0 bridgehead atoms. The molecule has 0 saturated carbocycles. The second-order valence-corrected chi connectivity index (χ2v) is 7.90. The zero-order chi connectivity index (χ0) is 18.7. The lowest BCUT2D eigenvalue weighted by molar-refractivity contribution is 0.100. The number of rotatable bonds is 6. The van der Waals surface area contributed by atoms with E-state index in [-0.39, 0.29) is 5.25 Å². The minimum atomic E-state index is -0.836. The van der Waals surface area contributed by atoms with Crippen molar-refractivity contribution in [2.45, 2.75) is 17.9 Å². The van der Waals surface area contributed by atoms with E-state index in [0.29, 0.717) is 11.3 Å². The summed E-state index contributed by atoms with van der Waals surface area (Å²) in [4.78, 5) is 15.7. The van der Waals surface area contributed by atoms with Crippen molar-refractivity contribution < 1.29 is 13.6 Å². The topological polar surface area (TPSA) is 56.0 Å². The first kappa shape index (κ1) is 18.5. The number of nitrogens with two attached hydrogens (primary N) is 1. The van der Waals surface area contributed by atoms with Crippen LogP contribution in [-0.4, -0.2) is 10.9 Å². The Morgan fingerprint density at radius 1 is 1.19 bits per heavy atom. The average molecular weight is 390 g/mol. The van der Waals surface area contributed by atoms with Crippen molar-refractivity contribution in [3.8, 4) is 10.6 Å². The van der Waals surface area contributed by atoms with Crippen LogP contribution in [0.3, 0.4) is 0 Å².